The molecule has 0 radical (unpaired) electrons. The van der Waals surface area contributed by atoms with Crippen LogP contribution in [0.15, 0.2) is 30.9 Å². The lowest BCUT2D eigenvalue weighted by Gasteiger charge is -2.02. The summed E-state index contributed by atoms with van der Waals surface area (Å²) in [6.45, 7) is 0.415. The van der Waals surface area contributed by atoms with Crippen molar-refractivity contribution in [3.05, 3.63) is 36.5 Å². The topological polar surface area (TPSA) is 56.7 Å². The molecule has 0 spiro atoms. The highest BCUT2D eigenvalue weighted by Crippen LogP contribution is 2.18. The van der Waals surface area contributed by atoms with Gasteiger partial charge in [-0.15, -0.1) is 0 Å². The molecule has 0 aliphatic rings. The third-order valence-corrected chi connectivity index (χ3v) is 2.07. The average molecular weight is 188 g/mol. The summed E-state index contributed by atoms with van der Waals surface area (Å²) in [6.07, 6.45) is 7.32. The van der Waals surface area contributed by atoms with Crippen LogP contribution in [-0.2, 0) is 13.6 Å². The second-order valence-corrected chi connectivity index (χ2v) is 3.12. The molecule has 72 valence electrons. The van der Waals surface area contributed by atoms with Crippen LogP contribution in [0.25, 0.3) is 11.3 Å². The summed E-state index contributed by atoms with van der Waals surface area (Å²) in [5, 5.41) is 0. The first-order valence-corrected chi connectivity index (χ1v) is 4.43. The highest BCUT2D eigenvalue weighted by atomic mass is 14.9. The summed E-state index contributed by atoms with van der Waals surface area (Å²) in [4.78, 5) is 8.46. The lowest BCUT2D eigenvalue weighted by Crippen LogP contribution is -2.03. The molecule has 2 N–H and O–H groups in total. The number of nitrogens with zero attached hydrogens (tertiary/aromatic N) is 3. The zero-order valence-corrected chi connectivity index (χ0v) is 8.01. The van der Waals surface area contributed by atoms with Crippen molar-refractivity contribution in [3.8, 4) is 11.3 Å². The molecule has 2 heterocycles. The van der Waals surface area contributed by atoms with Crippen LogP contribution in [0.1, 0.15) is 5.69 Å². The van der Waals surface area contributed by atoms with E-state index in [1.807, 2.05) is 30.1 Å². The van der Waals surface area contributed by atoms with E-state index < -0.39 is 0 Å². The molecule has 0 aliphatic heterocycles. The number of aryl methyl sites for hydroxylation is 1. The molecule has 4 nitrogen and oxygen atoms in total. The zero-order valence-electron chi connectivity index (χ0n) is 8.01. The van der Waals surface area contributed by atoms with Crippen molar-refractivity contribution in [3.63, 3.8) is 0 Å². The first-order valence-electron chi connectivity index (χ1n) is 4.43. The molecule has 0 saturated heterocycles. The van der Waals surface area contributed by atoms with Gasteiger partial charge in [0, 0.05) is 43.9 Å². The standard InChI is InChI=1S/C10H12N4/c1-14-5-2-8(7-14)10-9(6-11)12-3-4-13-10/h2-5,7H,6,11H2,1H3. The molecule has 14 heavy (non-hydrogen) atoms. The van der Waals surface area contributed by atoms with Crippen LogP contribution in [0.2, 0.25) is 0 Å². The van der Waals surface area contributed by atoms with Gasteiger partial charge in [-0.1, -0.05) is 0 Å². The van der Waals surface area contributed by atoms with Gasteiger partial charge in [0.25, 0.3) is 0 Å². The number of rotatable bonds is 2. The highest BCUT2D eigenvalue weighted by Gasteiger charge is 2.06. The Hall–Kier alpha value is -1.68. The molecule has 2 aromatic heterocycles. The van der Waals surface area contributed by atoms with Crippen molar-refractivity contribution in [2.75, 3.05) is 0 Å². The number of nitrogens with two attached hydrogens (primary N) is 1. The molecule has 0 aliphatic carbocycles. The molecular formula is C10H12N4. The maximum Gasteiger partial charge on any atom is 0.0945 e. The van der Waals surface area contributed by atoms with Gasteiger partial charge in [0.2, 0.25) is 0 Å². The summed E-state index contributed by atoms with van der Waals surface area (Å²) < 4.78 is 1.98. The Kier molecular flexibility index (Phi) is 2.28. The Morgan fingerprint density at radius 3 is 2.79 bits per heavy atom. The van der Waals surface area contributed by atoms with E-state index in [0.29, 0.717) is 6.54 Å². The second kappa shape index (κ2) is 3.59. The molecule has 0 fully saturated rings. The predicted molar refractivity (Wildman–Crippen MR) is 54.3 cm³/mol. The summed E-state index contributed by atoms with van der Waals surface area (Å²) in [6, 6.07) is 2.00. The third kappa shape index (κ3) is 1.52. The van der Waals surface area contributed by atoms with Gasteiger partial charge in [-0.2, -0.15) is 0 Å². The van der Waals surface area contributed by atoms with Crippen LogP contribution in [0.3, 0.4) is 0 Å². The van der Waals surface area contributed by atoms with E-state index in [-0.39, 0.29) is 0 Å². The molecular weight excluding hydrogens is 176 g/mol. The van der Waals surface area contributed by atoms with Crippen LogP contribution < -0.4 is 5.73 Å². The van der Waals surface area contributed by atoms with Gasteiger partial charge in [0.1, 0.15) is 0 Å². The van der Waals surface area contributed by atoms with Gasteiger partial charge in [-0.05, 0) is 6.07 Å². The minimum absolute atomic E-state index is 0.415. The molecule has 2 aromatic rings. The van der Waals surface area contributed by atoms with Crippen LogP contribution in [0, 0.1) is 0 Å². The Morgan fingerprint density at radius 2 is 2.14 bits per heavy atom. The van der Waals surface area contributed by atoms with Crippen LogP contribution in [0.5, 0.6) is 0 Å². The van der Waals surface area contributed by atoms with E-state index in [9.17, 15) is 0 Å². The maximum atomic E-state index is 5.59. The van der Waals surface area contributed by atoms with E-state index >= 15 is 0 Å². The smallest absolute Gasteiger partial charge is 0.0945 e. The first-order chi connectivity index (χ1) is 6.81. The molecule has 0 unspecified atom stereocenters. The largest absolute Gasteiger partial charge is 0.357 e. The van der Waals surface area contributed by atoms with Crippen molar-refractivity contribution in [2.24, 2.45) is 12.8 Å². The van der Waals surface area contributed by atoms with Crippen LogP contribution in [0.4, 0.5) is 0 Å². The summed E-state index contributed by atoms with van der Waals surface area (Å²) in [5.74, 6) is 0. The normalized spacial score (nSPS) is 10.4. The fourth-order valence-electron chi connectivity index (χ4n) is 1.40. The van der Waals surface area contributed by atoms with Crippen LogP contribution >= 0.6 is 0 Å². The molecule has 0 amide bonds. The molecule has 0 atom stereocenters. The maximum absolute atomic E-state index is 5.59. The molecule has 2 rings (SSSR count). The average Bonchev–Trinajstić information content (AvgIpc) is 2.65. The van der Waals surface area contributed by atoms with E-state index in [2.05, 4.69) is 9.97 Å². The molecule has 0 aromatic carbocycles. The van der Waals surface area contributed by atoms with Crippen molar-refractivity contribution in [1.29, 1.82) is 0 Å². The minimum Gasteiger partial charge on any atom is -0.357 e. The Balaban J connectivity index is 2.50. The summed E-state index contributed by atoms with van der Waals surface area (Å²) in [5.41, 5.74) is 8.35. The number of hydrogen-bond donors (Lipinski definition) is 1. The zero-order chi connectivity index (χ0) is 9.97. The van der Waals surface area contributed by atoms with Gasteiger partial charge in [0.15, 0.2) is 0 Å². The summed E-state index contributed by atoms with van der Waals surface area (Å²) in [7, 11) is 1.97. The molecule has 0 saturated carbocycles. The fourth-order valence-corrected chi connectivity index (χ4v) is 1.40. The van der Waals surface area contributed by atoms with Crippen molar-refractivity contribution >= 4 is 0 Å². The lowest BCUT2D eigenvalue weighted by atomic mass is 10.2. The van der Waals surface area contributed by atoms with Crippen LogP contribution in [-0.4, -0.2) is 14.5 Å². The monoisotopic (exact) mass is 188 g/mol. The fraction of sp³-hybridized carbons (Fsp3) is 0.200. The van der Waals surface area contributed by atoms with Gasteiger partial charge < -0.3 is 10.3 Å². The first kappa shape index (κ1) is 8.90. The van der Waals surface area contributed by atoms with E-state index in [4.69, 9.17) is 5.73 Å². The highest BCUT2D eigenvalue weighted by molar-refractivity contribution is 5.60. The predicted octanol–water partition coefficient (Wildman–Crippen LogP) is 0.941. The van der Waals surface area contributed by atoms with Crippen molar-refractivity contribution < 1.29 is 0 Å². The van der Waals surface area contributed by atoms with Gasteiger partial charge in [0.05, 0.1) is 11.4 Å². The second-order valence-electron chi connectivity index (χ2n) is 3.12. The van der Waals surface area contributed by atoms with Crippen molar-refractivity contribution in [1.82, 2.24) is 14.5 Å². The quantitative estimate of drug-likeness (QED) is 0.763. The number of hydrogen-bond acceptors (Lipinski definition) is 3. The Morgan fingerprint density at radius 1 is 1.36 bits per heavy atom. The van der Waals surface area contributed by atoms with Gasteiger partial charge in [-0.25, -0.2) is 0 Å². The van der Waals surface area contributed by atoms with Gasteiger partial charge in [-0.3, -0.25) is 9.97 Å². The van der Waals surface area contributed by atoms with E-state index in [0.717, 1.165) is 17.0 Å². The summed E-state index contributed by atoms with van der Waals surface area (Å²) >= 11 is 0. The lowest BCUT2D eigenvalue weighted by molar-refractivity contribution is 0.926. The Bertz CT molecular complexity index is 433. The SMILES string of the molecule is Cn1ccc(-c2nccnc2CN)c1. The number of aromatic nitrogens is 3. The molecule has 0 bridgehead atoms. The van der Waals surface area contributed by atoms with E-state index in [1.54, 1.807) is 12.4 Å². The Labute approximate surface area is 82.4 Å². The van der Waals surface area contributed by atoms with E-state index in [1.165, 1.54) is 0 Å². The van der Waals surface area contributed by atoms with Crippen molar-refractivity contribution in [2.45, 2.75) is 6.54 Å². The third-order valence-electron chi connectivity index (χ3n) is 2.07. The molecule has 4 heteroatoms. The van der Waals surface area contributed by atoms with Gasteiger partial charge >= 0.3 is 0 Å². The minimum atomic E-state index is 0.415.